The summed E-state index contributed by atoms with van der Waals surface area (Å²) in [6.07, 6.45) is 2.02. The lowest BCUT2D eigenvalue weighted by Gasteiger charge is -2.14. The number of Topliss-reactive ketones (excluding diaryl/α,β-unsaturated/α-hetero) is 1. The Hall–Kier alpha value is -3.71. The number of ketones is 1. The van der Waals surface area contributed by atoms with Gasteiger partial charge in [0.25, 0.3) is 0 Å². The molecule has 0 unspecified atom stereocenters. The first-order valence-electron chi connectivity index (χ1n) is 12.1. The minimum absolute atomic E-state index is 0.0460. The SMILES string of the molecule is O=C(O)CCCC(=O)c1ccc(-c2ccc(CO)cc2CNc2ccc(-c3ccc(Cl)c(Cl)c3)cc2)cn1. The second kappa shape index (κ2) is 12.7. The van der Waals surface area contributed by atoms with Crippen molar-refractivity contribution in [2.24, 2.45) is 0 Å². The number of aliphatic carboxylic acids is 1. The van der Waals surface area contributed by atoms with Crippen LogP contribution in [0, 0.1) is 0 Å². The maximum atomic E-state index is 12.3. The zero-order valence-electron chi connectivity index (χ0n) is 20.5. The number of halogens is 2. The van der Waals surface area contributed by atoms with Gasteiger partial charge in [0.1, 0.15) is 5.69 Å². The van der Waals surface area contributed by atoms with E-state index in [1.165, 1.54) is 0 Å². The molecule has 1 aromatic heterocycles. The van der Waals surface area contributed by atoms with E-state index in [1.54, 1.807) is 18.3 Å². The summed E-state index contributed by atoms with van der Waals surface area (Å²) >= 11 is 12.2. The highest BCUT2D eigenvalue weighted by molar-refractivity contribution is 6.42. The first-order valence-corrected chi connectivity index (χ1v) is 12.8. The van der Waals surface area contributed by atoms with Crippen molar-refractivity contribution in [1.29, 1.82) is 0 Å². The molecule has 4 rings (SSSR count). The van der Waals surface area contributed by atoms with Crippen LogP contribution in [0.15, 0.2) is 79.0 Å². The molecule has 194 valence electrons. The van der Waals surface area contributed by atoms with E-state index in [1.807, 2.05) is 60.7 Å². The van der Waals surface area contributed by atoms with Gasteiger partial charge in [0.15, 0.2) is 5.78 Å². The summed E-state index contributed by atoms with van der Waals surface area (Å²) in [5.74, 6) is -1.10. The second-order valence-electron chi connectivity index (χ2n) is 8.81. The highest BCUT2D eigenvalue weighted by Crippen LogP contribution is 2.30. The average Bonchev–Trinajstić information content (AvgIpc) is 2.93. The molecule has 0 aliphatic heterocycles. The van der Waals surface area contributed by atoms with Gasteiger partial charge in [0, 0.05) is 36.8 Å². The number of rotatable bonds is 11. The van der Waals surface area contributed by atoms with E-state index in [0.29, 0.717) is 22.3 Å². The smallest absolute Gasteiger partial charge is 0.303 e. The van der Waals surface area contributed by atoms with Crippen LogP contribution >= 0.6 is 23.2 Å². The highest BCUT2D eigenvalue weighted by atomic mass is 35.5. The number of carboxylic acid groups (broad SMARTS) is 1. The molecule has 0 saturated carbocycles. The number of aliphatic hydroxyl groups is 1. The van der Waals surface area contributed by atoms with Crippen LogP contribution in [0.5, 0.6) is 0 Å². The summed E-state index contributed by atoms with van der Waals surface area (Å²) in [5, 5.41) is 22.9. The van der Waals surface area contributed by atoms with E-state index in [0.717, 1.165) is 39.1 Å². The molecule has 3 N–H and O–H groups in total. The van der Waals surface area contributed by atoms with Gasteiger partial charge in [0.2, 0.25) is 0 Å². The van der Waals surface area contributed by atoms with Gasteiger partial charge in [-0.25, -0.2) is 0 Å². The molecule has 38 heavy (non-hydrogen) atoms. The molecular formula is C30H26Cl2N2O4. The first kappa shape index (κ1) is 27.3. The maximum Gasteiger partial charge on any atom is 0.303 e. The molecule has 0 bridgehead atoms. The molecule has 6 nitrogen and oxygen atoms in total. The molecule has 0 aliphatic carbocycles. The van der Waals surface area contributed by atoms with Gasteiger partial charge in [-0.3, -0.25) is 14.6 Å². The predicted octanol–water partition coefficient (Wildman–Crippen LogP) is 7.26. The topological polar surface area (TPSA) is 99.5 Å². The highest BCUT2D eigenvalue weighted by Gasteiger charge is 2.12. The Bertz CT molecular complexity index is 1440. The molecule has 8 heteroatoms. The van der Waals surface area contributed by atoms with Crippen LogP contribution in [-0.2, 0) is 17.9 Å². The third-order valence-corrected chi connectivity index (χ3v) is 6.87. The van der Waals surface area contributed by atoms with Crippen molar-refractivity contribution >= 4 is 40.6 Å². The molecular weight excluding hydrogens is 523 g/mol. The first-order chi connectivity index (χ1) is 18.3. The van der Waals surface area contributed by atoms with Crippen molar-refractivity contribution in [3.8, 4) is 22.3 Å². The molecule has 3 aromatic carbocycles. The minimum atomic E-state index is -0.920. The second-order valence-corrected chi connectivity index (χ2v) is 9.63. The number of nitrogens with one attached hydrogen (secondary N) is 1. The normalized spacial score (nSPS) is 10.8. The number of carboxylic acids is 1. The van der Waals surface area contributed by atoms with Crippen LogP contribution in [0.4, 0.5) is 5.69 Å². The van der Waals surface area contributed by atoms with Gasteiger partial charge in [-0.05, 0) is 64.6 Å². The largest absolute Gasteiger partial charge is 0.481 e. The van der Waals surface area contributed by atoms with Gasteiger partial charge >= 0.3 is 5.97 Å². The summed E-state index contributed by atoms with van der Waals surface area (Å²) in [4.78, 5) is 27.3. The third-order valence-electron chi connectivity index (χ3n) is 6.13. The number of carbonyl (C=O) groups excluding carboxylic acids is 1. The van der Waals surface area contributed by atoms with Gasteiger partial charge in [-0.1, -0.05) is 65.7 Å². The lowest BCUT2D eigenvalue weighted by atomic mass is 9.98. The summed E-state index contributed by atoms with van der Waals surface area (Å²) in [6.45, 7) is 0.429. The number of aromatic nitrogens is 1. The van der Waals surface area contributed by atoms with E-state index in [9.17, 15) is 14.7 Å². The molecule has 0 saturated heterocycles. The number of aliphatic hydroxyl groups excluding tert-OH is 1. The molecule has 1 heterocycles. The van der Waals surface area contributed by atoms with Gasteiger partial charge in [-0.15, -0.1) is 0 Å². The number of hydrogen-bond donors (Lipinski definition) is 3. The van der Waals surface area contributed by atoms with Crippen LogP contribution in [-0.4, -0.2) is 26.9 Å². The number of anilines is 1. The fraction of sp³-hybridized carbons (Fsp3) is 0.167. The summed E-state index contributed by atoms with van der Waals surface area (Å²) < 4.78 is 0. The molecule has 4 aromatic rings. The Morgan fingerprint density at radius 3 is 2.21 bits per heavy atom. The number of benzene rings is 3. The number of carbonyl (C=O) groups is 2. The Labute approximate surface area is 230 Å². The fourth-order valence-electron chi connectivity index (χ4n) is 4.07. The van der Waals surface area contributed by atoms with E-state index < -0.39 is 5.97 Å². The summed E-state index contributed by atoms with van der Waals surface area (Å²) in [6, 6.07) is 22.7. The van der Waals surface area contributed by atoms with Crippen molar-refractivity contribution in [3.63, 3.8) is 0 Å². The van der Waals surface area contributed by atoms with Crippen molar-refractivity contribution in [2.75, 3.05) is 5.32 Å². The van der Waals surface area contributed by atoms with Crippen LogP contribution in [0.1, 0.15) is 40.9 Å². The Morgan fingerprint density at radius 1 is 0.816 bits per heavy atom. The summed E-state index contributed by atoms with van der Waals surface area (Å²) in [7, 11) is 0. The van der Waals surface area contributed by atoms with Crippen molar-refractivity contribution < 1.29 is 19.8 Å². The van der Waals surface area contributed by atoms with Gasteiger partial charge in [-0.2, -0.15) is 0 Å². The van der Waals surface area contributed by atoms with Crippen molar-refractivity contribution in [2.45, 2.75) is 32.4 Å². The molecule has 0 radical (unpaired) electrons. The molecule has 0 atom stereocenters. The standard InChI is InChI=1S/C30H26Cl2N2O4/c31-26-12-7-21(15-27(26)32)20-5-9-24(10-6-20)33-17-23-14-19(18-35)4-11-25(23)22-8-13-28(34-16-22)29(36)2-1-3-30(37)38/h4-16,33,35H,1-3,17-18H2,(H,37,38). The zero-order valence-corrected chi connectivity index (χ0v) is 22.0. The number of hydrogen-bond acceptors (Lipinski definition) is 5. The Balaban J connectivity index is 1.48. The fourth-order valence-corrected chi connectivity index (χ4v) is 4.37. The Kier molecular flexibility index (Phi) is 9.13. The lowest BCUT2D eigenvalue weighted by Crippen LogP contribution is -2.05. The number of nitrogens with zero attached hydrogens (tertiary/aromatic N) is 1. The molecule has 0 aliphatic rings. The van der Waals surface area contributed by atoms with E-state index in [4.69, 9.17) is 28.3 Å². The molecule has 0 amide bonds. The van der Waals surface area contributed by atoms with Crippen LogP contribution < -0.4 is 5.32 Å². The zero-order chi connectivity index (χ0) is 27.1. The number of pyridine rings is 1. The summed E-state index contributed by atoms with van der Waals surface area (Å²) in [5.41, 5.74) is 6.75. The van der Waals surface area contributed by atoms with Crippen LogP contribution in [0.25, 0.3) is 22.3 Å². The molecule has 0 fully saturated rings. The van der Waals surface area contributed by atoms with E-state index in [2.05, 4.69) is 10.3 Å². The van der Waals surface area contributed by atoms with E-state index in [-0.39, 0.29) is 31.7 Å². The average molecular weight is 549 g/mol. The van der Waals surface area contributed by atoms with Gasteiger partial charge < -0.3 is 15.5 Å². The van der Waals surface area contributed by atoms with E-state index >= 15 is 0 Å². The predicted molar refractivity (Wildman–Crippen MR) is 151 cm³/mol. The third kappa shape index (κ3) is 6.98. The quantitative estimate of drug-likeness (QED) is 0.170. The maximum absolute atomic E-state index is 12.3. The Morgan fingerprint density at radius 2 is 1.55 bits per heavy atom. The van der Waals surface area contributed by atoms with Gasteiger partial charge in [0.05, 0.1) is 16.7 Å². The van der Waals surface area contributed by atoms with Crippen LogP contribution in [0.3, 0.4) is 0 Å². The molecule has 0 spiro atoms. The monoisotopic (exact) mass is 548 g/mol. The van der Waals surface area contributed by atoms with Crippen molar-refractivity contribution in [3.05, 3.63) is 106 Å². The van der Waals surface area contributed by atoms with Crippen molar-refractivity contribution in [1.82, 2.24) is 4.98 Å². The van der Waals surface area contributed by atoms with Crippen LogP contribution in [0.2, 0.25) is 10.0 Å². The lowest BCUT2D eigenvalue weighted by molar-refractivity contribution is -0.137. The minimum Gasteiger partial charge on any atom is -0.481 e.